The van der Waals surface area contributed by atoms with Gasteiger partial charge in [-0.3, -0.25) is 9.52 Å². The number of amides is 3. The lowest BCUT2D eigenvalue weighted by atomic mass is 10.0. The lowest BCUT2D eigenvalue weighted by Crippen LogP contribution is -2.49. The van der Waals surface area contributed by atoms with Crippen molar-refractivity contribution in [3.05, 3.63) is 23.8 Å². The molecule has 0 unspecified atom stereocenters. The molecule has 1 aromatic rings. The van der Waals surface area contributed by atoms with Crippen LogP contribution in [0.25, 0.3) is 0 Å². The maximum Gasteiger partial charge on any atom is 0.317 e. The van der Waals surface area contributed by atoms with E-state index < -0.39 is 22.0 Å². The van der Waals surface area contributed by atoms with Gasteiger partial charge in [-0.1, -0.05) is 6.92 Å². The van der Waals surface area contributed by atoms with Gasteiger partial charge in [-0.25, -0.2) is 13.2 Å². The summed E-state index contributed by atoms with van der Waals surface area (Å²) in [5, 5.41) is 12.9. The first-order valence-corrected chi connectivity index (χ1v) is 15.4. The second kappa shape index (κ2) is 14.7. The Morgan fingerprint density at radius 3 is 2.54 bits per heavy atom. The van der Waals surface area contributed by atoms with Crippen LogP contribution in [0.2, 0.25) is 0 Å². The van der Waals surface area contributed by atoms with Gasteiger partial charge in [0.25, 0.3) is 5.91 Å². The molecule has 0 aromatic heterocycles. The van der Waals surface area contributed by atoms with Crippen molar-refractivity contribution in [1.82, 2.24) is 15.1 Å². The Labute approximate surface area is 233 Å². The average Bonchev–Trinajstić information content (AvgIpc) is 2.84. The van der Waals surface area contributed by atoms with Crippen LogP contribution in [-0.2, 0) is 14.8 Å². The molecule has 0 fully saturated rings. The summed E-state index contributed by atoms with van der Waals surface area (Å²) in [5.41, 5.74) is 0.441. The third kappa shape index (κ3) is 10.5. The molecule has 0 spiro atoms. The highest BCUT2D eigenvalue weighted by molar-refractivity contribution is 7.92. The Hall–Kier alpha value is -2.57. The minimum atomic E-state index is -3.57. The summed E-state index contributed by atoms with van der Waals surface area (Å²) in [4.78, 5) is 29.7. The molecule has 0 saturated heterocycles. The fourth-order valence-corrected chi connectivity index (χ4v) is 4.93. The predicted molar refractivity (Wildman–Crippen MR) is 152 cm³/mol. The molecule has 12 heteroatoms. The lowest BCUT2D eigenvalue weighted by molar-refractivity contribution is -0.0122. The van der Waals surface area contributed by atoms with E-state index in [0.29, 0.717) is 18.9 Å². The molecule has 1 aliphatic rings. The number of hydrogen-bond donors (Lipinski definition) is 3. The minimum Gasteiger partial charge on any atom is -0.490 e. The van der Waals surface area contributed by atoms with Gasteiger partial charge in [-0.05, 0) is 65.2 Å². The smallest absolute Gasteiger partial charge is 0.317 e. The highest BCUT2D eigenvalue weighted by Crippen LogP contribution is 2.28. The lowest BCUT2D eigenvalue weighted by Gasteiger charge is -2.36. The Morgan fingerprint density at radius 2 is 1.92 bits per heavy atom. The van der Waals surface area contributed by atoms with Crippen molar-refractivity contribution in [3.63, 3.8) is 0 Å². The molecule has 0 saturated carbocycles. The van der Waals surface area contributed by atoms with Crippen LogP contribution in [0, 0.1) is 5.92 Å². The van der Waals surface area contributed by atoms with Crippen LogP contribution in [0.1, 0.15) is 64.2 Å². The van der Waals surface area contributed by atoms with Crippen molar-refractivity contribution in [1.29, 1.82) is 0 Å². The van der Waals surface area contributed by atoms with Crippen molar-refractivity contribution in [2.75, 3.05) is 44.3 Å². The second-order valence-electron chi connectivity index (χ2n) is 10.9. The number of ether oxygens (including phenoxy) is 2. The third-order valence-electron chi connectivity index (χ3n) is 6.57. The molecule has 1 heterocycles. The predicted octanol–water partition coefficient (Wildman–Crippen LogP) is 2.90. The van der Waals surface area contributed by atoms with Crippen LogP contribution in [0.4, 0.5) is 10.5 Å². The van der Waals surface area contributed by atoms with Crippen molar-refractivity contribution in [2.45, 2.75) is 78.2 Å². The van der Waals surface area contributed by atoms with Gasteiger partial charge in [0.1, 0.15) is 5.75 Å². The molecule has 3 amide bonds. The maximum atomic E-state index is 14.0. The van der Waals surface area contributed by atoms with Gasteiger partial charge >= 0.3 is 6.03 Å². The van der Waals surface area contributed by atoms with E-state index in [1.165, 1.54) is 6.07 Å². The fourth-order valence-electron chi connectivity index (χ4n) is 4.37. The molecular formula is C27H46N4O7S. The van der Waals surface area contributed by atoms with E-state index >= 15 is 0 Å². The van der Waals surface area contributed by atoms with Crippen LogP contribution in [0.3, 0.4) is 0 Å². The summed E-state index contributed by atoms with van der Waals surface area (Å²) >= 11 is 0. The molecule has 3 N–H and O–H groups in total. The summed E-state index contributed by atoms with van der Waals surface area (Å²) in [6.07, 6.45) is 2.87. The quantitative estimate of drug-likeness (QED) is 0.458. The van der Waals surface area contributed by atoms with Gasteiger partial charge in [0.15, 0.2) is 0 Å². The number of fused-ring (bicyclic) bond motifs is 1. The zero-order valence-corrected chi connectivity index (χ0v) is 25.1. The van der Waals surface area contributed by atoms with E-state index in [0.717, 1.165) is 25.5 Å². The van der Waals surface area contributed by atoms with Crippen LogP contribution in [0.5, 0.6) is 5.75 Å². The number of nitrogens with zero attached hydrogens (tertiary/aromatic N) is 2. The number of rotatable bonds is 7. The summed E-state index contributed by atoms with van der Waals surface area (Å²) in [5.74, 6) is -0.241. The van der Waals surface area contributed by atoms with E-state index in [1.54, 1.807) is 35.9 Å². The number of benzene rings is 1. The molecule has 11 nitrogen and oxygen atoms in total. The fraction of sp³-hybridized carbons (Fsp3) is 0.704. The van der Waals surface area contributed by atoms with Crippen LogP contribution in [-0.4, -0.2) is 99.2 Å². The van der Waals surface area contributed by atoms with E-state index in [2.05, 4.69) is 10.0 Å². The standard InChI is InChI=1S/C27H46N4O7S/c1-18(2)28-27(34)30(6)16-25-19(3)15-31(20(4)17-32)26(33)23-14-22(29-39(7,35)36)11-12-24(23)38-21(5)10-8-9-13-37-25/h11-12,14,18-21,25,29,32H,8-10,13,15-17H2,1-7H3,(H,28,34)/t19-,20+,21-,25-/m1/s1. The average molecular weight is 571 g/mol. The Kier molecular flexibility index (Phi) is 12.3. The van der Waals surface area contributed by atoms with E-state index in [1.807, 2.05) is 27.7 Å². The molecule has 1 aromatic carbocycles. The number of aliphatic hydroxyl groups is 1. The van der Waals surface area contributed by atoms with Gasteiger partial charge in [-0.2, -0.15) is 0 Å². The zero-order valence-electron chi connectivity index (χ0n) is 24.3. The van der Waals surface area contributed by atoms with Gasteiger partial charge in [0.05, 0.1) is 36.7 Å². The first kappa shape index (κ1) is 32.6. The number of anilines is 1. The first-order chi connectivity index (χ1) is 18.2. The largest absolute Gasteiger partial charge is 0.490 e. The highest BCUT2D eigenvalue weighted by Gasteiger charge is 2.31. The van der Waals surface area contributed by atoms with Crippen LogP contribution < -0.4 is 14.8 Å². The van der Waals surface area contributed by atoms with E-state index in [-0.39, 0.29) is 54.6 Å². The molecule has 39 heavy (non-hydrogen) atoms. The Morgan fingerprint density at radius 1 is 1.23 bits per heavy atom. The van der Waals surface area contributed by atoms with Gasteiger partial charge < -0.3 is 29.7 Å². The van der Waals surface area contributed by atoms with Crippen LogP contribution >= 0.6 is 0 Å². The number of hydrogen-bond acceptors (Lipinski definition) is 7. The number of aliphatic hydroxyl groups excluding tert-OH is 1. The number of carbonyl (C=O) groups is 2. The monoisotopic (exact) mass is 570 g/mol. The number of sulfonamides is 1. The number of likely N-dealkylation sites (N-methyl/N-ethyl adjacent to an activating group) is 1. The van der Waals surface area contributed by atoms with Crippen molar-refractivity contribution in [3.8, 4) is 5.75 Å². The van der Waals surface area contributed by atoms with E-state index in [9.17, 15) is 23.1 Å². The minimum absolute atomic E-state index is 0.00726. The Bertz CT molecular complexity index is 1070. The number of carbonyl (C=O) groups excluding carboxylic acids is 2. The molecule has 4 atom stereocenters. The summed E-state index contributed by atoms with van der Waals surface area (Å²) in [6, 6.07) is 3.88. The van der Waals surface area contributed by atoms with Crippen LogP contribution in [0.15, 0.2) is 18.2 Å². The normalized spacial score (nSPS) is 22.3. The topological polar surface area (TPSA) is 138 Å². The van der Waals surface area contributed by atoms with Gasteiger partial charge in [0.2, 0.25) is 10.0 Å². The van der Waals surface area contributed by atoms with Crippen molar-refractivity contribution in [2.24, 2.45) is 5.92 Å². The SMILES string of the molecule is CC(C)NC(=O)N(C)C[C@H]1OCCCC[C@@H](C)Oc2ccc(NS(C)(=O)=O)cc2C(=O)N([C@@H](C)CO)C[C@H]1C. The van der Waals surface area contributed by atoms with Crippen molar-refractivity contribution < 1.29 is 32.6 Å². The molecule has 2 rings (SSSR count). The molecular weight excluding hydrogens is 524 g/mol. The second-order valence-corrected chi connectivity index (χ2v) is 12.6. The van der Waals surface area contributed by atoms with Gasteiger partial charge in [0, 0.05) is 44.4 Å². The van der Waals surface area contributed by atoms with E-state index in [4.69, 9.17) is 9.47 Å². The first-order valence-electron chi connectivity index (χ1n) is 13.5. The van der Waals surface area contributed by atoms with Crippen molar-refractivity contribution >= 4 is 27.6 Å². The number of urea groups is 1. The Balaban J connectivity index is 2.46. The summed E-state index contributed by atoms with van der Waals surface area (Å²) in [7, 11) is -1.86. The molecule has 0 radical (unpaired) electrons. The number of nitrogens with one attached hydrogen (secondary N) is 2. The maximum absolute atomic E-state index is 14.0. The summed E-state index contributed by atoms with van der Waals surface area (Å²) < 4.78 is 38.5. The molecule has 0 bridgehead atoms. The highest BCUT2D eigenvalue weighted by atomic mass is 32.2. The molecule has 1 aliphatic heterocycles. The molecule has 0 aliphatic carbocycles. The molecule has 222 valence electrons. The summed E-state index contributed by atoms with van der Waals surface area (Å²) in [6.45, 7) is 10.2. The zero-order chi connectivity index (χ0) is 29.3. The van der Waals surface area contributed by atoms with Gasteiger partial charge in [-0.15, -0.1) is 0 Å². The third-order valence-corrected chi connectivity index (χ3v) is 7.17.